The fraction of sp³-hybridized carbons (Fsp3) is 0.125. The summed E-state index contributed by atoms with van der Waals surface area (Å²) in [4.78, 5) is 7.19. The van der Waals surface area contributed by atoms with Crippen LogP contribution in [-0.2, 0) is 0 Å². The molecule has 11 heavy (non-hydrogen) atoms. The van der Waals surface area contributed by atoms with Crippen molar-refractivity contribution in [1.29, 1.82) is 0 Å². The van der Waals surface area contributed by atoms with E-state index in [9.17, 15) is 0 Å². The summed E-state index contributed by atoms with van der Waals surface area (Å²) in [6.45, 7) is 2.04. The van der Waals surface area contributed by atoms with E-state index >= 15 is 0 Å². The highest BCUT2D eigenvalue weighted by molar-refractivity contribution is 5.85. The van der Waals surface area contributed by atoms with Gasteiger partial charge in [-0.15, -0.1) is 12.4 Å². The Morgan fingerprint density at radius 1 is 1.45 bits per heavy atom. The standard InChI is InChI=1S/C8H8N2.ClH/c1-6-4-7-2-3-9-5-8(7)10-6;/h2-5,10H,1H3;1H. The van der Waals surface area contributed by atoms with Crippen molar-refractivity contribution in [2.45, 2.75) is 6.92 Å². The molecule has 0 atom stereocenters. The quantitative estimate of drug-likeness (QED) is 0.643. The first-order chi connectivity index (χ1) is 4.86. The Bertz CT molecular complexity index is 321. The molecule has 2 aromatic rings. The van der Waals surface area contributed by atoms with Crippen molar-refractivity contribution in [3.8, 4) is 0 Å². The van der Waals surface area contributed by atoms with Crippen molar-refractivity contribution in [3.63, 3.8) is 0 Å². The van der Waals surface area contributed by atoms with Gasteiger partial charge in [-0.05, 0) is 19.1 Å². The number of fused-ring (bicyclic) bond motifs is 1. The van der Waals surface area contributed by atoms with Gasteiger partial charge in [0.15, 0.2) is 0 Å². The summed E-state index contributed by atoms with van der Waals surface area (Å²) in [6.07, 6.45) is 3.64. The second-order valence-corrected chi connectivity index (χ2v) is 2.42. The molecule has 1 N–H and O–H groups in total. The molecule has 2 rings (SSSR count). The van der Waals surface area contributed by atoms with E-state index in [-0.39, 0.29) is 12.4 Å². The number of aromatic nitrogens is 2. The van der Waals surface area contributed by atoms with Crippen LogP contribution >= 0.6 is 12.4 Å². The van der Waals surface area contributed by atoms with E-state index in [2.05, 4.69) is 16.0 Å². The highest BCUT2D eigenvalue weighted by Gasteiger charge is 1.93. The van der Waals surface area contributed by atoms with E-state index in [0.29, 0.717) is 0 Å². The number of rotatable bonds is 0. The molecule has 2 nitrogen and oxygen atoms in total. The average Bonchev–Trinajstić information content (AvgIpc) is 2.27. The van der Waals surface area contributed by atoms with Crippen molar-refractivity contribution in [3.05, 3.63) is 30.2 Å². The SMILES string of the molecule is Cc1cc2ccncc2[nH]1.Cl. The monoisotopic (exact) mass is 168 g/mol. The van der Waals surface area contributed by atoms with Gasteiger partial charge >= 0.3 is 0 Å². The van der Waals surface area contributed by atoms with Crippen LogP contribution in [0.1, 0.15) is 5.69 Å². The number of pyridine rings is 1. The van der Waals surface area contributed by atoms with Crippen molar-refractivity contribution < 1.29 is 0 Å². The number of hydrogen-bond acceptors (Lipinski definition) is 1. The first-order valence-electron chi connectivity index (χ1n) is 3.25. The van der Waals surface area contributed by atoms with Crippen LogP contribution in [0.5, 0.6) is 0 Å². The molecule has 2 aromatic heterocycles. The van der Waals surface area contributed by atoms with E-state index in [0.717, 1.165) is 5.52 Å². The summed E-state index contributed by atoms with van der Waals surface area (Å²) in [6, 6.07) is 4.11. The second-order valence-electron chi connectivity index (χ2n) is 2.42. The smallest absolute Gasteiger partial charge is 0.0642 e. The number of hydrogen-bond donors (Lipinski definition) is 1. The predicted molar refractivity (Wildman–Crippen MR) is 48.1 cm³/mol. The lowest BCUT2D eigenvalue weighted by molar-refractivity contribution is 1.28. The van der Waals surface area contributed by atoms with Gasteiger partial charge < -0.3 is 4.98 Å². The van der Waals surface area contributed by atoms with Gasteiger partial charge in [0.25, 0.3) is 0 Å². The van der Waals surface area contributed by atoms with Crippen LogP contribution in [0, 0.1) is 6.92 Å². The maximum Gasteiger partial charge on any atom is 0.0642 e. The lowest BCUT2D eigenvalue weighted by Gasteiger charge is -1.83. The molecule has 0 bridgehead atoms. The minimum atomic E-state index is 0. The Morgan fingerprint density at radius 3 is 3.00 bits per heavy atom. The van der Waals surface area contributed by atoms with E-state index in [1.807, 2.05) is 19.2 Å². The lowest BCUT2D eigenvalue weighted by atomic mass is 10.3. The number of H-pyrrole nitrogens is 1. The molecule has 0 aromatic carbocycles. The minimum Gasteiger partial charge on any atom is -0.357 e. The van der Waals surface area contributed by atoms with Gasteiger partial charge in [-0.25, -0.2) is 0 Å². The molecule has 0 amide bonds. The van der Waals surface area contributed by atoms with Crippen LogP contribution in [0.2, 0.25) is 0 Å². The van der Waals surface area contributed by atoms with Gasteiger partial charge in [-0.3, -0.25) is 4.98 Å². The molecule has 0 saturated carbocycles. The lowest BCUT2D eigenvalue weighted by Crippen LogP contribution is -1.69. The zero-order valence-electron chi connectivity index (χ0n) is 6.16. The molecule has 0 fully saturated rings. The van der Waals surface area contributed by atoms with Crippen molar-refractivity contribution in [2.75, 3.05) is 0 Å². The van der Waals surface area contributed by atoms with Crippen LogP contribution in [0.4, 0.5) is 0 Å². The van der Waals surface area contributed by atoms with Crippen LogP contribution < -0.4 is 0 Å². The maximum absolute atomic E-state index is 3.99. The average molecular weight is 169 g/mol. The van der Waals surface area contributed by atoms with Gasteiger partial charge in [0.05, 0.1) is 11.7 Å². The molecule has 0 aliphatic carbocycles. The Labute approximate surface area is 71.1 Å². The molecular weight excluding hydrogens is 160 g/mol. The third-order valence-electron chi connectivity index (χ3n) is 1.56. The Kier molecular flexibility index (Phi) is 2.15. The molecule has 3 heteroatoms. The molecule has 0 radical (unpaired) electrons. The fourth-order valence-corrected chi connectivity index (χ4v) is 1.12. The second kappa shape index (κ2) is 2.93. The fourth-order valence-electron chi connectivity index (χ4n) is 1.12. The molecule has 58 valence electrons. The van der Waals surface area contributed by atoms with Gasteiger partial charge in [0.2, 0.25) is 0 Å². The molecule has 0 aliphatic heterocycles. The zero-order chi connectivity index (χ0) is 6.97. The largest absolute Gasteiger partial charge is 0.357 e. The van der Waals surface area contributed by atoms with Gasteiger partial charge in [-0.2, -0.15) is 0 Å². The third kappa shape index (κ3) is 1.35. The first-order valence-corrected chi connectivity index (χ1v) is 3.25. The van der Waals surface area contributed by atoms with Gasteiger partial charge in [0, 0.05) is 17.3 Å². The van der Waals surface area contributed by atoms with Crippen LogP contribution in [0.3, 0.4) is 0 Å². The van der Waals surface area contributed by atoms with E-state index in [4.69, 9.17) is 0 Å². The number of aryl methyl sites for hydroxylation is 1. The molecule has 2 heterocycles. The van der Waals surface area contributed by atoms with Crippen LogP contribution in [0.15, 0.2) is 24.5 Å². The normalized spacial score (nSPS) is 9.55. The van der Waals surface area contributed by atoms with Crippen molar-refractivity contribution >= 4 is 23.3 Å². The van der Waals surface area contributed by atoms with E-state index in [1.54, 1.807) is 6.20 Å². The molecule has 0 unspecified atom stereocenters. The Hall–Kier alpha value is -1.02. The van der Waals surface area contributed by atoms with Gasteiger partial charge in [0.1, 0.15) is 0 Å². The first kappa shape index (κ1) is 8.08. The summed E-state index contributed by atoms with van der Waals surface area (Å²) in [5.41, 5.74) is 2.29. The number of aromatic amines is 1. The predicted octanol–water partition coefficient (Wildman–Crippen LogP) is 2.29. The summed E-state index contributed by atoms with van der Waals surface area (Å²) in [5.74, 6) is 0. The van der Waals surface area contributed by atoms with Crippen molar-refractivity contribution in [1.82, 2.24) is 9.97 Å². The summed E-state index contributed by atoms with van der Waals surface area (Å²) in [5, 5.41) is 1.23. The Morgan fingerprint density at radius 2 is 2.27 bits per heavy atom. The minimum absolute atomic E-state index is 0. The topological polar surface area (TPSA) is 28.7 Å². The Balaban J connectivity index is 0.000000605. The zero-order valence-corrected chi connectivity index (χ0v) is 6.98. The number of nitrogens with one attached hydrogen (secondary N) is 1. The van der Waals surface area contributed by atoms with E-state index in [1.165, 1.54) is 11.1 Å². The van der Waals surface area contributed by atoms with E-state index < -0.39 is 0 Å². The van der Waals surface area contributed by atoms with Crippen LogP contribution in [0.25, 0.3) is 10.9 Å². The highest BCUT2D eigenvalue weighted by atomic mass is 35.5. The number of nitrogens with zero attached hydrogens (tertiary/aromatic N) is 1. The molecule has 0 spiro atoms. The highest BCUT2D eigenvalue weighted by Crippen LogP contribution is 2.11. The molecule has 0 aliphatic rings. The summed E-state index contributed by atoms with van der Waals surface area (Å²) < 4.78 is 0. The number of halogens is 1. The van der Waals surface area contributed by atoms with Crippen molar-refractivity contribution in [2.24, 2.45) is 0 Å². The maximum atomic E-state index is 3.99. The molecular formula is C8H9ClN2. The van der Waals surface area contributed by atoms with Crippen LogP contribution in [-0.4, -0.2) is 9.97 Å². The summed E-state index contributed by atoms with van der Waals surface area (Å²) >= 11 is 0. The molecule has 0 saturated heterocycles. The van der Waals surface area contributed by atoms with Gasteiger partial charge in [-0.1, -0.05) is 0 Å². The third-order valence-corrected chi connectivity index (χ3v) is 1.56. The summed E-state index contributed by atoms with van der Waals surface area (Å²) in [7, 11) is 0.